The first-order chi connectivity index (χ1) is 12.5. The minimum Gasteiger partial charge on any atom is -0.222 e. The number of allylic oxidation sites excluding steroid dienone is 4. The smallest absolute Gasteiger partial charge is 0.222 e. The van der Waals surface area contributed by atoms with Crippen LogP contribution in [0.3, 0.4) is 0 Å². The van der Waals surface area contributed by atoms with E-state index in [0.717, 1.165) is 34.7 Å². The number of hydrogen-bond acceptors (Lipinski definition) is 0. The highest BCUT2D eigenvalue weighted by Gasteiger charge is 2.81. The summed E-state index contributed by atoms with van der Waals surface area (Å²) < 4.78 is 149. The average Bonchev–Trinajstić information content (AvgIpc) is 2.50. The standard InChI is InChI=1S/C16H7F11I/c17-11-4-2-1-3-10(11)12(14(21,15(22,23)24)16(25,26)27)6-8(13(18,19)20)5-9(28)7-12/h1-7H. The maximum Gasteiger partial charge on any atom is 0.433 e. The lowest BCUT2D eigenvalue weighted by Gasteiger charge is -2.45. The van der Waals surface area contributed by atoms with Crippen molar-refractivity contribution in [2.24, 2.45) is 0 Å². The second kappa shape index (κ2) is 6.87. The Morgan fingerprint density at radius 3 is 1.68 bits per heavy atom. The second-order valence-corrected chi connectivity index (χ2v) is 7.02. The number of benzene rings is 1. The van der Waals surface area contributed by atoms with Crippen LogP contribution < -0.4 is 0 Å². The Labute approximate surface area is 164 Å². The maximum atomic E-state index is 15.1. The Bertz CT molecular complexity index is 799. The first-order valence-electron chi connectivity index (χ1n) is 7.08. The van der Waals surface area contributed by atoms with Crippen molar-refractivity contribution < 1.29 is 48.3 Å². The van der Waals surface area contributed by atoms with E-state index in [9.17, 15) is 43.9 Å². The lowest BCUT2D eigenvalue weighted by atomic mass is 9.64. The summed E-state index contributed by atoms with van der Waals surface area (Å²) in [5, 5.41) is 0. The number of halogens is 12. The predicted octanol–water partition coefficient (Wildman–Crippen LogP) is 6.92. The molecule has 1 aromatic carbocycles. The molecule has 0 fully saturated rings. The monoisotopic (exact) mass is 535 g/mol. The molecule has 0 bridgehead atoms. The van der Waals surface area contributed by atoms with Crippen LogP contribution in [0.15, 0.2) is 45.6 Å². The Balaban J connectivity index is 3.07. The number of alkyl halides is 10. The zero-order valence-corrected chi connectivity index (χ0v) is 15.2. The quantitative estimate of drug-likeness (QED) is 0.285. The van der Waals surface area contributed by atoms with E-state index >= 15 is 4.39 Å². The van der Waals surface area contributed by atoms with E-state index in [0.29, 0.717) is 12.1 Å². The molecule has 1 aliphatic rings. The Morgan fingerprint density at radius 2 is 1.25 bits per heavy atom. The van der Waals surface area contributed by atoms with Gasteiger partial charge in [-0.1, -0.05) is 30.4 Å². The highest BCUT2D eigenvalue weighted by molar-refractivity contribution is 14.1. The van der Waals surface area contributed by atoms with Gasteiger partial charge < -0.3 is 0 Å². The molecule has 2 rings (SSSR count). The molecule has 0 aliphatic heterocycles. The molecule has 0 nitrogen and oxygen atoms in total. The van der Waals surface area contributed by atoms with Gasteiger partial charge in [-0.15, -0.1) is 0 Å². The summed E-state index contributed by atoms with van der Waals surface area (Å²) in [4.78, 5) is 0. The molecular weight excluding hydrogens is 528 g/mol. The molecule has 1 aliphatic carbocycles. The minimum atomic E-state index is -6.73. The van der Waals surface area contributed by atoms with Gasteiger partial charge in [0.05, 0.1) is 5.41 Å². The van der Waals surface area contributed by atoms with Crippen LogP contribution in [0.5, 0.6) is 0 Å². The Hall–Kier alpha value is -1.34. The topological polar surface area (TPSA) is 0 Å². The number of hydrogen-bond donors (Lipinski definition) is 0. The van der Waals surface area contributed by atoms with Gasteiger partial charge in [-0.3, -0.25) is 0 Å². The molecule has 1 atom stereocenters. The van der Waals surface area contributed by atoms with Gasteiger partial charge in [0.2, 0.25) is 0 Å². The lowest BCUT2D eigenvalue weighted by molar-refractivity contribution is -0.354. The van der Waals surface area contributed by atoms with Gasteiger partial charge in [0.25, 0.3) is 0 Å². The van der Waals surface area contributed by atoms with Crippen molar-refractivity contribution >= 4 is 22.6 Å². The van der Waals surface area contributed by atoms with E-state index in [1.54, 1.807) is 0 Å². The molecule has 0 saturated heterocycles. The third-order valence-corrected chi connectivity index (χ3v) is 4.66. The van der Waals surface area contributed by atoms with Gasteiger partial charge in [-0.2, -0.15) is 39.5 Å². The van der Waals surface area contributed by atoms with Crippen molar-refractivity contribution in [3.05, 3.63) is 63.4 Å². The molecule has 1 radical (unpaired) electrons. The molecule has 0 spiro atoms. The van der Waals surface area contributed by atoms with Crippen LogP contribution in [0, 0.1) is 12.2 Å². The first kappa shape index (κ1) is 22.9. The zero-order valence-electron chi connectivity index (χ0n) is 13.1. The van der Waals surface area contributed by atoms with Crippen LogP contribution in [0.4, 0.5) is 48.3 Å². The van der Waals surface area contributed by atoms with Gasteiger partial charge in [-0.05, 0) is 32.2 Å². The molecule has 0 aromatic heterocycles. The van der Waals surface area contributed by atoms with E-state index < -0.39 is 56.2 Å². The van der Waals surface area contributed by atoms with Crippen molar-refractivity contribution in [1.29, 1.82) is 0 Å². The van der Waals surface area contributed by atoms with Gasteiger partial charge in [0, 0.05) is 17.6 Å². The zero-order chi connectivity index (χ0) is 21.8. The molecule has 28 heavy (non-hydrogen) atoms. The molecule has 1 unspecified atom stereocenters. The van der Waals surface area contributed by atoms with E-state index in [2.05, 4.69) is 0 Å². The summed E-state index contributed by atoms with van der Waals surface area (Å²) in [6.45, 7) is 0. The van der Waals surface area contributed by atoms with Crippen molar-refractivity contribution in [3.63, 3.8) is 0 Å². The summed E-state index contributed by atoms with van der Waals surface area (Å²) >= 11 is 1.01. The summed E-state index contributed by atoms with van der Waals surface area (Å²) in [6.07, 6.45) is -19.2. The fourth-order valence-corrected chi connectivity index (χ4v) is 3.69. The van der Waals surface area contributed by atoms with Gasteiger partial charge in [-0.25, -0.2) is 8.78 Å². The first-order valence-corrected chi connectivity index (χ1v) is 8.16. The largest absolute Gasteiger partial charge is 0.433 e. The SMILES string of the molecule is Fc1ccccc1C1(C(F)(C(F)(F)F)C(F)(F)F)C=C(I)[CH]C(C(F)(F)F)=C1. The van der Waals surface area contributed by atoms with Crippen LogP contribution in [0.1, 0.15) is 5.56 Å². The molecular formula is C16H7F11I. The van der Waals surface area contributed by atoms with Crippen LogP contribution >= 0.6 is 22.6 Å². The maximum absolute atomic E-state index is 15.1. The van der Waals surface area contributed by atoms with Gasteiger partial charge >= 0.3 is 24.2 Å². The van der Waals surface area contributed by atoms with Crippen molar-refractivity contribution in [3.8, 4) is 0 Å². The third-order valence-electron chi connectivity index (χ3n) is 4.04. The molecule has 0 saturated carbocycles. The van der Waals surface area contributed by atoms with Crippen LogP contribution in [-0.2, 0) is 5.41 Å². The fourth-order valence-electron chi connectivity index (χ4n) is 2.87. The molecule has 0 amide bonds. The normalized spacial score (nSPS) is 22.0. The molecule has 12 heteroatoms. The van der Waals surface area contributed by atoms with Gasteiger partial charge in [0.1, 0.15) is 5.82 Å². The second-order valence-electron chi connectivity index (χ2n) is 5.77. The van der Waals surface area contributed by atoms with Gasteiger partial charge in [0.15, 0.2) is 0 Å². The Kier molecular flexibility index (Phi) is 5.63. The highest BCUT2D eigenvalue weighted by atomic mass is 127. The molecule has 155 valence electrons. The third kappa shape index (κ3) is 3.52. The summed E-state index contributed by atoms with van der Waals surface area (Å²) in [6, 6.07) is 2.46. The van der Waals surface area contributed by atoms with E-state index in [4.69, 9.17) is 0 Å². The summed E-state index contributed by atoms with van der Waals surface area (Å²) in [5.41, 5.74) is -14.0. The van der Waals surface area contributed by atoms with Crippen LogP contribution in [-0.4, -0.2) is 24.2 Å². The molecule has 0 heterocycles. The Morgan fingerprint density at radius 1 is 0.750 bits per heavy atom. The van der Waals surface area contributed by atoms with E-state index in [-0.39, 0.29) is 12.5 Å². The minimum absolute atomic E-state index is 0.0117. The summed E-state index contributed by atoms with van der Waals surface area (Å²) in [5.74, 6) is -1.74. The molecule has 1 aromatic rings. The molecule has 0 N–H and O–H groups in total. The van der Waals surface area contributed by atoms with E-state index in [1.165, 1.54) is 0 Å². The lowest BCUT2D eigenvalue weighted by Crippen LogP contribution is -2.65. The number of rotatable bonds is 2. The average molecular weight is 535 g/mol. The van der Waals surface area contributed by atoms with Crippen molar-refractivity contribution in [2.75, 3.05) is 0 Å². The fraction of sp³-hybridized carbons (Fsp3) is 0.312. The van der Waals surface area contributed by atoms with E-state index in [1.807, 2.05) is 0 Å². The van der Waals surface area contributed by atoms with Crippen LogP contribution in [0.25, 0.3) is 0 Å². The van der Waals surface area contributed by atoms with Crippen molar-refractivity contribution in [2.45, 2.75) is 29.6 Å². The van der Waals surface area contributed by atoms with Crippen molar-refractivity contribution in [1.82, 2.24) is 0 Å². The summed E-state index contributed by atoms with van der Waals surface area (Å²) in [7, 11) is 0. The highest BCUT2D eigenvalue weighted by Crippen LogP contribution is 2.61. The van der Waals surface area contributed by atoms with Crippen LogP contribution in [0.2, 0.25) is 0 Å². The predicted molar refractivity (Wildman–Crippen MR) is 84.6 cm³/mol.